The Kier molecular flexibility index (Phi) is 7.36. The Labute approximate surface area is 208 Å². The lowest BCUT2D eigenvalue weighted by Crippen LogP contribution is -2.46. The number of nitrogens with one attached hydrogen (secondary N) is 1. The van der Waals surface area contributed by atoms with Gasteiger partial charge in [0.1, 0.15) is 0 Å². The van der Waals surface area contributed by atoms with Crippen LogP contribution in [0.4, 0.5) is 0 Å². The molecule has 1 unspecified atom stereocenters. The Hall–Kier alpha value is -3.60. The summed E-state index contributed by atoms with van der Waals surface area (Å²) in [6.07, 6.45) is 2.91. The Morgan fingerprint density at radius 3 is 2.61 bits per heavy atom. The zero-order chi connectivity index (χ0) is 24.9. The number of aliphatic hydroxyl groups excluding tert-OH is 1. The van der Waals surface area contributed by atoms with Gasteiger partial charge in [0.05, 0.1) is 68.1 Å². The van der Waals surface area contributed by atoms with Crippen LogP contribution in [0.15, 0.2) is 67.0 Å². The number of benzene rings is 2. The summed E-state index contributed by atoms with van der Waals surface area (Å²) in [5.41, 5.74) is 2.11. The molecule has 0 aliphatic carbocycles. The van der Waals surface area contributed by atoms with Gasteiger partial charge in [-0.1, -0.05) is 42.5 Å². The van der Waals surface area contributed by atoms with Crippen LogP contribution >= 0.6 is 0 Å². The molecule has 10 nitrogen and oxygen atoms in total. The van der Waals surface area contributed by atoms with E-state index in [1.165, 1.54) is 4.80 Å². The standard InChI is InChI=1S/C26H29N5O5/c32-14-19(16-35-15-18-6-2-1-3-7-18)29-25(33)22-17-36-24-13-30(12-21(22)24)26(34)20-8-4-5-9-23(20)31-27-10-11-28-31/h1-11,19,21-22,24,32H,12-17H2,(H,29,33)/t19?,21-,22-,24+/m0/s1. The van der Waals surface area contributed by atoms with Gasteiger partial charge in [-0.05, 0) is 17.7 Å². The van der Waals surface area contributed by atoms with Crippen LogP contribution in [0.5, 0.6) is 0 Å². The van der Waals surface area contributed by atoms with Crippen molar-refractivity contribution in [3.63, 3.8) is 0 Å². The summed E-state index contributed by atoms with van der Waals surface area (Å²) in [4.78, 5) is 29.6. The van der Waals surface area contributed by atoms with Crippen molar-refractivity contribution >= 4 is 11.8 Å². The summed E-state index contributed by atoms with van der Waals surface area (Å²) in [5, 5.41) is 20.9. The monoisotopic (exact) mass is 491 g/mol. The number of ether oxygens (including phenoxy) is 2. The van der Waals surface area contributed by atoms with Crippen LogP contribution in [-0.4, -0.2) is 81.9 Å². The highest BCUT2D eigenvalue weighted by molar-refractivity contribution is 5.98. The number of amides is 2. The molecule has 5 rings (SSSR count). The maximum absolute atomic E-state index is 13.4. The van der Waals surface area contributed by atoms with Crippen LogP contribution in [0.1, 0.15) is 15.9 Å². The molecule has 0 bridgehead atoms. The van der Waals surface area contributed by atoms with Gasteiger partial charge in [0, 0.05) is 19.0 Å². The normalized spacial score (nSPS) is 21.8. The number of likely N-dealkylation sites (tertiary alicyclic amines) is 1. The minimum Gasteiger partial charge on any atom is -0.394 e. The molecule has 188 valence electrons. The zero-order valence-corrected chi connectivity index (χ0v) is 19.8. The maximum atomic E-state index is 13.4. The van der Waals surface area contributed by atoms with E-state index >= 15 is 0 Å². The van der Waals surface area contributed by atoms with Crippen molar-refractivity contribution in [2.24, 2.45) is 11.8 Å². The van der Waals surface area contributed by atoms with E-state index in [1.54, 1.807) is 35.5 Å². The molecule has 3 heterocycles. The molecule has 4 atom stereocenters. The second-order valence-electron chi connectivity index (χ2n) is 9.08. The lowest BCUT2D eigenvalue weighted by atomic mass is 9.92. The summed E-state index contributed by atoms with van der Waals surface area (Å²) < 4.78 is 11.6. The van der Waals surface area contributed by atoms with Crippen molar-refractivity contribution in [3.8, 4) is 5.69 Å². The maximum Gasteiger partial charge on any atom is 0.256 e. The van der Waals surface area contributed by atoms with Crippen molar-refractivity contribution < 1.29 is 24.2 Å². The number of nitrogens with zero attached hydrogens (tertiary/aromatic N) is 4. The van der Waals surface area contributed by atoms with Gasteiger partial charge in [-0.15, -0.1) is 0 Å². The van der Waals surface area contributed by atoms with Gasteiger partial charge in [0.25, 0.3) is 5.91 Å². The first-order valence-corrected chi connectivity index (χ1v) is 12.0. The molecule has 36 heavy (non-hydrogen) atoms. The molecule has 2 fully saturated rings. The number of hydrogen-bond donors (Lipinski definition) is 2. The van der Waals surface area contributed by atoms with Gasteiger partial charge in [0.2, 0.25) is 5.91 Å². The van der Waals surface area contributed by atoms with Crippen molar-refractivity contribution in [1.29, 1.82) is 0 Å². The Morgan fingerprint density at radius 2 is 1.83 bits per heavy atom. The third kappa shape index (κ3) is 5.15. The lowest BCUT2D eigenvalue weighted by molar-refractivity contribution is -0.127. The fourth-order valence-corrected chi connectivity index (χ4v) is 4.83. The number of aromatic nitrogens is 3. The molecule has 2 aromatic carbocycles. The van der Waals surface area contributed by atoms with Gasteiger partial charge in [-0.25, -0.2) is 0 Å². The highest BCUT2D eigenvalue weighted by Crippen LogP contribution is 2.35. The summed E-state index contributed by atoms with van der Waals surface area (Å²) in [5.74, 6) is -0.865. The molecular formula is C26H29N5O5. The van der Waals surface area contributed by atoms with Gasteiger partial charge in [-0.3, -0.25) is 9.59 Å². The minimum atomic E-state index is -0.521. The predicted octanol–water partition coefficient (Wildman–Crippen LogP) is 1.05. The average molecular weight is 492 g/mol. The second-order valence-corrected chi connectivity index (χ2v) is 9.08. The molecule has 2 aliphatic heterocycles. The van der Waals surface area contributed by atoms with Crippen LogP contribution in [-0.2, 0) is 20.9 Å². The number of rotatable bonds is 9. The molecule has 3 aromatic rings. The Bertz CT molecular complexity index is 1170. The van der Waals surface area contributed by atoms with Crippen molar-refractivity contribution in [1.82, 2.24) is 25.2 Å². The molecule has 10 heteroatoms. The van der Waals surface area contributed by atoms with E-state index in [1.807, 2.05) is 36.4 Å². The molecule has 2 saturated heterocycles. The summed E-state index contributed by atoms with van der Waals surface area (Å²) >= 11 is 0. The smallest absolute Gasteiger partial charge is 0.256 e. The summed E-state index contributed by atoms with van der Waals surface area (Å²) in [6, 6.07) is 16.4. The molecule has 0 saturated carbocycles. The van der Waals surface area contributed by atoms with E-state index in [2.05, 4.69) is 15.5 Å². The fraction of sp³-hybridized carbons (Fsp3) is 0.385. The third-order valence-corrected chi connectivity index (χ3v) is 6.71. The van der Waals surface area contributed by atoms with E-state index < -0.39 is 12.0 Å². The second kappa shape index (κ2) is 11.0. The highest BCUT2D eigenvalue weighted by atomic mass is 16.5. The van der Waals surface area contributed by atoms with Gasteiger partial charge in [-0.2, -0.15) is 15.0 Å². The third-order valence-electron chi connectivity index (χ3n) is 6.71. The molecule has 2 aliphatic rings. The number of fused-ring (bicyclic) bond motifs is 1. The van der Waals surface area contributed by atoms with Crippen LogP contribution in [0.25, 0.3) is 5.69 Å². The largest absolute Gasteiger partial charge is 0.394 e. The molecule has 1 aromatic heterocycles. The number of carbonyl (C=O) groups excluding carboxylic acids is 2. The first-order valence-electron chi connectivity index (χ1n) is 12.0. The van der Waals surface area contributed by atoms with Crippen LogP contribution in [0, 0.1) is 11.8 Å². The first kappa shape index (κ1) is 24.1. The molecule has 2 N–H and O–H groups in total. The highest BCUT2D eigenvalue weighted by Gasteiger charge is 2.48. The average Bonchev–Trinajstić information content (AvgIpc) is 3.66. The number of carbonyl (C=O) groups is 2. The van der Waals surface area contributed by atoms with Crippen molar-refractivity contribution in [2.45, 2.75) is 18.8 Å². The fourth-order valence-electron chi connectivity index (χ4n) is 4.83. The van der Waals surface area contributed by atoms with E-state index in [4.69, 9.17) is 9.47 Å². The van der Waals surface area contributed by atoms with Crippen LogP contribution in [0.3, 0.4) is 0 Å². The van der Waals surface area contributed by atoms with Crippen LogP contribution in [0.2, 0.25) is 0 Å². The SMILES string of the molecule is O=C(NC(CO)COCc1ccccc1)[C@H]1CO[C@@H]2CN(C(=O)c3ccccc3-n3nccn3)C[C@@H]12. The van der Waals surface area contributed by atoms with Gasteiger partial charge in [0.15, 0.2) is 0 Å². The van der Waals surface area contributed by atoms with Crippen molar-refractivity contribution in [2.75, 3.05) is 32.9 Å². The lowest BCUT2D eigenvalue weighted by Gasteiger charge is -2.23. The number of hydrogen-bond acceptors (Lipinski definition) is 7. The van der Waals surface area contributed by atoms with Gasteiger partial charge >= 0.3 is 0 Å². The Morgan fingerprint density at radius 1 is 1.08 bits per heavy atom. The molecule has 0 spiro atoms. The van der Waals surface area contributed by atoms with Crippen LogP contribution < -0.4 is 5.32 Å². The van der Waals surface area contributed by atoms with Gasteiger partial charge < -0.3 is 24.8 Å². The first-order chi connectivity index (χ1) is 17.6. The Balaban J connectivity index is 1.18. The minimum absolute atomic E-state index is 0.117. The van der Waals surface area contributed by atoms with Crippen molar-refractivity contribution in [3.05, 3.63) is 78.1 Å². The number of aliphatic hydroxyl groups is 1. The molecule has 2 amide bonds. The topological polar surface area (TPSA) is 119 Å². The zero-order valence-electron chi connectivity index (χ0n) is 19.8. The quantitative estimate of drug-likeness (QED) is 0.459. The molecule has 0 radical (unpaired) electrons. The van der Waals surface area contributed by atoms with E-state index in [-0.39, 0.29) is 37.0 Å². The molecular weight excluding hydrogens is 462 g/mol. The number of para-hydroxylation sites is 1. The summed E-state index contributed by atoms with van der Waals surface area (Å²) in [7, 11) is 0. The summed E-state index contributed by atoms with van der Waals surface area (Å²) in [6.45, 7) is 1.48. The predicted molar refractivity (Wildman–Crippen MR) is 129 cm³/mol. The van der Waals surface area contributed by atoms with E-state index in [9.17, 15) is 14.7 Å². The van der Waals surface area contributed by atoms with E-state index in [0.29, 0.717) is 37.6 Å². The van der Waals surface area contributed by atoms with E-state index in [0.717, 1.165) is 5.56 Å².